The summed E-state index contributed by atoms with van der Waals surface area (Å²) in [6.07, 6.45) is 8.04. The third-order valence-corrected chi connectivity index (χ3v) is 5.57. The standard InChI is InChI=1S/C20H29N5O/c1-15-6-4-5-7-19(15)23-20(26)12-24(3)16(2)17-8-10-18(11-9-17)25-14-21-13-22-25/h8-11,13-16,19H,4-7,12H2,1-3H3,(H,23,26)/t15-,16-,19-/m1/s1. The van der Waals surface area contributed by atoms with Crippen LogP contribution in [0.3, 0.4) is 0 Å². The summed E-state index contributed by atoms with van der Waals surface area (Å²) >= 11 is 0. The lowest BCUT2D eigenvalue weighted by molar-refractivity contribution is -0.123. The number of benzene rings is 1. The lowest BCUT2D eigenvalue weighted by Gasteiger charge is -2.31. The van der Waals surface area contributed by atoms with Gasteiger partial charge >= 0.3 is 0 Å². The number of nitrogens with zero attached hydrogens (tertiary/aromatic N) is 4. The topological polar surface area (TPSA) is 63.1 Å². The maximum absolute atomic E-state index is 12.4. The first-order chi connectivity index (χ1) is 12.5. The molecular weight excluding hydrogens is 326 g/mol. The second kappa shape index (κ2) is 8.45. The van der Waals surface area contributed by atoms with Gasteiger partial charge < -0.3 is 5.32 Å². The number of likely N-dealkylation sites (N-methyl/N-ethyl adjacent to an activating group) is 1. The van der Waals surface area contributed by atoms with E-state index in [0.717, 1.165) is 12.1 Å². The van der Waals surface area contributed by atoms with Gasteiger partial charge in [-0.15, -0.1) is 0 Å². The highest BCUT2D eigenvalue weighted by Gasteiger charge is 2.24. The van der Waals surface area contributed by atoms with Crippen LogP contribution in [0, 0.1) is 5.92 Å². The van der Waals surface area contributed by atoms with Crippen molar-refractivity contribution in [3.05, 3.63) is 42.5 Å². The fraction of sp³-hybridized carbons (Fsp3) is 0.550. The molecule has 1 heterocycles. The first-order valence-corrected chi connectivity index (χ1v) is 9.49. The van der Waals surface area contributed by atoms with E-state index in [-0.39, 0.29) is 11.9 Å². The lowest BCUT2D eigenvalue weighted by Crippen LogP contribution is -2.45. The van der Waals surface area contributed by atoms with E-state index in [4.69, 9.17) is 0 Å². The van der Waals surface area contributed by atoms with Crippen molar-refractivity contribution in [3.8, 4) is 5.69 Å². The van der Waals surface area contributed by atoms with Crippen LogP contribution in [0.4, 0.5) is 0 Å². The minimum atomic E-state index is 0.123. The molecule has 0 spiro atoms. The molecule has 1 fully saturated rings. The van der Waals surface area contributed by atoms with Gasteiger partial charge in [0.15, 0.2) is 0 Å². The molecule has 0 bridgehead atoms. The van der Waals surface area contributed by atoms with E-state index in [0.29, 0.717) is 18.5 Å². The van der Waals surface area contributed by atoms with Gasteiger partial charge in [-0.3, -0.25) is 9.69 Å². The molecule has 1 saturated carbocycles. The summed E-state index contributed by atoms with van der Waals surface area (Å²) in [6.45, 7) is 4.78. The van der Waals surface area contributed by atoms with Crippen molar-refractivity contribution in [2.24, 2.45) is 5.92 Å². The fourth-order valence-electron chi connectivity index (χ4n) is 3.65. The quantitative estimate of drug-likeness (QED) is 0.865. The van der Waals surface area contributed by atoms with E-state index in [1.165, 1.54) is 31.2 Å². The van der Waals surface area contributed by atoms with Crippen LogP contribution >= 0.6 is 0 Å². The molecule has 26 heavy (non-hydrogen) atoms. The highest BCUT2D eigenvalue weighted by Crippen LogP contribution is 2.24. The number of carbonyl (C=O) groups excluding carboxylic acids is 1. The van der Waals surface area contributed by atoms with Crippen LogP contribution < -0.4 is 5.32 Å². The number of rotatable bonds is 6. The molecule has 1 aromatic heterocycles. The number of carbonyl (C=O) groups is 1. The number of hydrogen-bond acceptors (Lipinski definition) is 4. The predicted octanol–water partition coefficient (Wildman–Crippen LogP) is 2.96. The van der Waals surface area contributed by atoms with Gasteiger partial charge in [-0.05, 0) is 50.4 Å². The van der Waals surface area contributed by atoms with Gasteiger partial charge in [0.05, 0.1) is 12.2 Å². The van der Waals surface area contributed by atoms with Crippen LogP contribution in [0.15, 0.2) is 36.9 Å². The molecule has 2 aromatic rings. The van der Waals surface area contributed by atoms with Crippen LogP contribution in [0.5, 0.6) is 0 Å². The smallest absolute Gasteiger partial charge is 0.234 e. The minimum Gasteiger partial charge on any atom is -0.352 e. The number of aromatic nitrogens is 3. The third kappa shape index (κ3) is 4.49. The van der Waals surface area contributed by atoms with E-state index in [2.05, 4.69) is 46.3 Å². The molecule has 0 aliphatic heterocycles. The molecule has 6 nitrogen and oxygen atoms in total. The van der Waals surface area contributed by atoms with Crippen LogP contribution in [0.1, 0.15) is 51.1 Å². The van der Waals surface area contributed by atoms with E-state index in [1.807, 2.05) is 19.2 Å². The Morgan fingerprint density at radius 2 is 2.04 bits per heavy atom. The molecule has 140 valence electrons. The largest absolute Gasteiger partial charge is 0.352 e. The Balaban J connectivity index is 1.55. The zero-order valence-electron chi connectivity index (χ0n) is 15.9. The van der Waals surface area contributed by atoms with Crippen LogP contribution in [-0.2, 0) is 4.79 Å². The maximum Gasteiger partial charge on any atom is 0.234 e. The van der Waals surface area contributed by atoms with Crippen LogP contribution in [-0.4, -0.2) is 45.2 Å². The lowest BCUT2D eigenvalue weighted by atomic mass is 9.86. The number of amides is 1. The normalized spacial score (nSPS) is 21.5. The Hall–Kier alpha value is -2.21. The van der Waals surface area contributed by atoms with Crippen LogP contribution in [0.2, 0.25) is 0 Å². The summed E-state index contributed by atoms with van der Waals surface area (Å²) in [6, 6.07) is 8.71. The van der Waals surface area contributed by atoms with Gasteiger partial charge in [-0.1, -0.05) is 31.9 Å². The molecule has 1 N–H and O–H groups in total. The fourth-order valence-corrected chi connectivity index (χ4v) is 3.65. The summed E-state index contributed by atoms with van der Waals surface area (Å²) in [5.41, 5.74) is 2.15. The second-order valence-corrected chi connectivity index (χ2v) is 7.46. The zero-order chi connectivity index (χ0) is 18.5. The van der Waals surface area contributed by atoms with Crippen molar-refractivity contribution >= 4 is 5.91 Å². The summed E-state index contributed by atoms with van der Waals surface area (Å²) in [4.78, 5) is 18.5. The van der Waals surface area contributed by atoms with Gasteiger partial charge in [-0.2, -0.15) is 5.10 Å². The van der Waals surface area contributed by atoms with E-state index < -0.39 is 0 Å². The number of nitrogens with one attached hydrogen (secondary N) is 1. The monoisotopic (exact) mass is 355 g/mol. The van der Waals surface area contributed by atoms with E-state index in [1.54, 1.807) is 11.0 Å². The van der Waals surface area contributed by atoms with E-state index in [9.17, 15) is 4.79 Å². The number of hydrogen-bond donors (Lipinski definition) is 1. The predicted molar refractivity (Wildman–Crippen MR) is 102 cm³/mol. The zero-order valence-corrected chi connectivity index (χ0v) is 15.9. The Labute approximate surface area is 155 Å². The highest BCUT2D eigenvalue weighted by atomic mass is 16.2. The summed E-state index contributed by atoms with van der Waals surface area (Å²) in [5, 5.41) is 7.37. The van der Waals surface area contributed by atoms with Crippen molar-refractivity contribution < 1.29 is 4.79 Å². The molecule has 1 aliphatic carbocycles. The average Bonchev–Trinajstić information content (AvgIpc) is 3.18. The van der Waals surface area contributed by atoms with Gasteiger partial charge in [0, 0.05) is 12.1 Å². The SMILES string of the molecule is C[C@@H]1CCCC[C@H]1NC(=O)CN(C)[C@H](C)c1ccc(-n2cncn2)cc1. The maximum atomic E-state index is 12.4. The summed E-state index contributed by atoms with van der Waals surface area (Å²) < 4.78 is 1.73. The molecule has 0 radical (unpaired) electrons. The Kier molecular flexibility index (Phi) is 6.04. The molecule has 3 rings (SSSR count). The average molecular weight is 355 g/mol. The molecular formula is C20H29N5O. The summed E-state index contributed by atoms with van der Waals surface area (Å²) in [5.74, 6) is 0.706. The first-order valence-electron chi connectivity index (χ1n) is 9.49. The van der Waals surface area contributed by atoms with E-state index >= 15 is 0 Å². The van der Waals surface area contributed by atoms with Crippen molar-refractivity contribution in [3.63, 3.8) is 0 Å². The third-order valence-electron chi connectivity index (χ3n) is 5.57. The van der Waals surface area contributed by atoms with Gasteiger partial charge in [0.2, 0.25) is 5.91 Å². The molecule has 1 aliphatic rings. The highest BCUT2D eigenvalue weighted by molar-refractivity contribution is 5.78. The summed E-state index contributed by atoms with van der Waals surface area (Å²) in [7, 11) is 2.00. The molecule has 1 amide bonds. The van der Waals surface area contributed by atoms with Crippen molar-refractivity contribution in [2.45, 2.75) is 51.6 Å². The Morgan fingerprint density at radius 3 is 2.69 bits per heavy atom. The van der Waals surface area contributed by atoms with Crippen molar-refractivity contribution in [2.75, 3.05) is 13.6 Å². The second-order valence-electron chi connectivity index (χ2n) is 7.46. The Morgan fingerprint density at radius 1 is 1.31 bits per heavy atom. The van der Waals surface area contributed by atoms with Crippen molar-refractivity contribution in [1.82, 2.24) is 25.0 Å². The molecule has 3 atom stereocenters. The molecule has 0 saturated heterocycles. The molecule has 1 aromatic carbocycles. The van der Waals surface area contributed by atoms with Gasteiger partial charge in [0.25, 0.3) is 0 Å². The minimum absolute atomic E-state index is 0.123. The molecule has 6 heteroatoms. The van der Waals surface area contributed by atoms with Crippen molar-refractivity contribution in [1.29, 1.82) is 0 Å². The first kappa shape index (κ1) is 18.6. The van der Waals surface area contributed by atoms with Gasteiger partial charge in [-0.25, -0.2) is 9.67 Å². The molecule has 0 unspecified atom stereocenters. The Bertz CT molecular complexity index is 698. The van der Waals surface area contributed by atoms with Crippen LogP contribution in [0.25, 0.3) is 5.69 Å². The van der Waals surface area contributed by atoms with Gasteiger partial charge in [0.1, 0.15) is 12.7 Å².